The monoisotopic (exact) mass is 331 g/mol. The molecule has 1 amide bonds. The molecule has 0 aliphatic heterocycles. The van der Waals surface area contributed by atoms with Gasteiger partial charge in [-0.25, -0.2) is 0 Å². The first-order valence-electron chi connectivity index (χ1n) is 7.02. The van der Waals surface area contributed by atoms with Crippen LogP contribution in [0.1, 0.15) is 18.9 Å². The molecule has 1 saturated carbocycles. The summed E-state index contributed by atoms with van der Waals surface area (Å²) in [5.41, 5.74) is -0.883. The minimum atomic E-state index is -4.52. The average Bonchev–Trinajstić information content (AvgIpc) is 3.25. The standard InChI is InChI=1S/C15H16F3NO4/c1-8(19-13(20)9-6-10(9)14(21)22)7-23-12-5-3-2-4-11(12)15(16,17)18/h2-5,8-10H,6-7H2,1H3,(H,19,20)(H,21,22). The van der Waals surface area contributed by atoms with Gasteiger partial charge in [-0.15, -0.1) is 0 Å². The predicted octanol–water partition coefficient (Wildman–Crippen LogP) is 2.31. The highest BCUT2D eigenvalue weighted by molar-refractivity contribution is 5.89. The highest BCUT2D eigenvalue weighted by Gasteiger charge is 2.48. The van der Waals surface area contributed by atoms with Gasteiger partial charge in [0.15, 0.2) is 0 Å². The average molecular weight is 331 g/mol. The smallest absolute Gasteiger partial charge is 0.419 e. The van der Waals surface area contributed by atoms with Crippen molar-refractivity contribution in [3.63, 3.8) is 0 Å². The second-order valence-electron chi connectivity index (χ2n) is 5.50. The molecular weight excluding hydrogens is 315 g/mol. The van der Waals surface area contributed by atoms with Crippen LogP contribution in [0.3, 0.4) is 0 Å². The number of carboxylic acid groups (broad SMARTS) is 1. The number of nitrogens with one attached hydrogen (secondary N) is 1. The number of carbonyl (C=O) groups excluding carboxylic acids is 1. The van der Waals surface area contributed by atoms with E-state index in [1.807, 2.05) is 0 Å². The lowest BCUT2D eigenvalue weighted by atomic mass is 10.2. The number of para-hydroxylation sites is 1. The van der Waals surface area contributed by atoms with E-state index >= 15 is 0 Å². The summed E-state index contributed by atoms with van der Waals surface area (Å²) in [4.78, 5) is 22.5. The Morgan fingerprint density at radius 2 is 2.00 bits per heavy atom. The van der Waals surface area contributed by atoms with Crippen molar-refractivity contribution < 1.29 is 32.6 Å². The van der Waals surface area contributed by atoms with Gasteiger partial charge in [0, 0.05) is 0 Å². The lowest BCUT2D eigenvalue weighted by molar-refractivity contribution is -0.140. The van der Waals surface area contributed by atoms with Crippen LogP contribution in [0.15, 0.2) is 24.3 Å². The van der Waals surface area contributed by atoms with Gasteiger partial charge in [-0.3, -0.25) is 9.59 Å². The number of benzene rings is 1. The maximum atomic E-state index is 12.8. The first-order chi connectivity index (χ1) is 10.7. The normalized spacial score (nSPS) is 21.4. The molecule has 0 saturated heterocycles. The number of ether oxygens (including phenoxy) is 1. The molecule has 3 atom stereocenters. The number of hydrogen-bond donors (Lipinski definition) is 2. The van der Waals surface area contributed by atoms with Gasteiger partial charge in [-0.05, 0) is 25.5 Å². The maximum Gasteiger partial charge on any atom is 0.419 e. The zero-order valence-corrected chi connectivity index (χ0v) is 12.3. The Morgan fingerprint density at radius 1 is 1.35 bits per heavy atom. The van der Waals surface area contributed by atoms with Crippen LogP contribution in [-0.4, -0.2) is 29.6 Å². The molecule has 1 aliphatic rings. The summed E-state index contributed by atoms with van der Waals surface area (Å²) >= 11 is 0. The lowest BCUT2D eigenvalue weighted by Crippen LogP contribution is -2.38. The van der Waals surface area contributed by atoms with Crippen LogP contribution in [0.2, 0.25) is 0 Å². The van der Waals surface area contributed by atoms with E-state index in [0.29, 0.717) is 0 Å². The third kappa shape index (κ3) is 4.37. The summed E-state index contributed by atoms with van der Waals surface area (Å²) < 4.78 is 43.6. The third-order valence-corrected chi connectivity index (χ3v) is 3.51. The van der Waals surface area contributed by atoms with E-state index in [1.54, 1.807) is 6.92 Å². The van der Waals surface area contributed by atoms with Crippen molar-refractivity contribution in [2.75, 3.05) is 6.61 Å². The zero-order chi connectivity index (χ0) is 17.2. The molecule has 2 N–H and O–H groups in total. The third-order valence-electron chi connectivity index (χ3n) is 3.51. The Kier molecular flexibility index (Phi) is 4.82. The van der Waals surface area contributed by atoms with Gasteiger partial charge in [-0.1, -0.05) is 12.1 Å². The van der Waals surface area contributed by atoms with Gasteiger partial charge in [0.1, 0.15) is 12.4 Å². The van der Waals surface area contributed by atoms with Crippen LogP contribution in [0.25, 0.3) is 0 Å². The van der Waals surface area contributed by atoms with Gasteiger partial charge in [0.25, 0.3) is 0 Å². The molecule has 1 aromatic rings. The van der Waals surface area contributed by atoms with E-state index in [1.165, 1.54) is 18.2 Å². The molecule has 1 aliphatic carbocycles. The van der Waals surface area contributed by atoms with Crippen molar-refractivity contribution in [3.8, 4) is 5.75 Å². The molecule has 2 rings (SSSR count). The van der Waals surface area contributed by atoms with Crippen LogP contribution >= 0.6 is 0 Å². The van der Waals surface area contributed by atoms with Gasteiger partial charge in [-0.2, -0.15) is 13.2 Å². The topological polar surface area (TPSA) is 75.6 Å². The summed E-state index contributed by atoms with van der Waals surface area (Å²) in [6, 6.07) is 4.27. The lowest BCUT2D eigenvalue weighted by Gasteiger charge is -2.17. The molecular formula is C15H16F3NO4. The fraction of sp³-hybridized carbons (Fsp3) is 0.467. The van der Waals surface area contributed by atoms with Gasteiger partial charge in [0.2, 0.25) is 5.91 Å². The number of amides is 1. The summed E-state index contributed by atoms with van der Waals surface area (Å²) in [6.07, 6.45) is -4.24. The van der Waals surface area contributed by atoms with Crippen LogP contribution in [0.4, 0.5) is 13.2 Å². The van der Waals surface area contributed by atoms with E-state index in [2.05, 4.69) is 5.32 Å². The first-order valence-corrected chi connectivity index (χ1v) is 7.02. The minimum absolute atomic E-state index is 0.150. The summed E-state index contributed by atoms with van der Waals surface area (Å²) in [5, 5.41) is 11.3. The molecule has 3 unspecified atom stereocenters. The Labute approximate surface area is 130 Å². The molecule has 23 heavy (non-hydrogen) atoms. The summed E-state index contributed by atoms with van der Waals surface area (Å²) in [5.74, 6) is -2.99. The van der Waals surface area contributed by atoms with Gasteiger partial charge >= 0.3 is 12.1 Å². The Morgan fingerprint density at radius 3 is 2.57 bits per heavy atom. The highest BCUT2D eigenvalue weighted by Crippen LogP contribution is 2.39. The number of carbonyl (C=O) groups is 2. The fourth-order valence-corrected chi connectivity index (χ4v) is 2.19. The Balaban J connectivity index is 1.87. The SMILES string of the molecule is CC(COc1ccccc1C(F)(F)F)NC(=O)C1CC1C(=O)O. The predicted molar refractivity (Wildman–Crippen MR) is 73.8 cm³/mol. The number of aliphatic carboxylic acids is 1. The van der Waals surface area contributed by atoms with Crippen molar-refractivity contribution in [2.24, 2.45) is 11.8 Å². The number of hydrogen-bond acceptors (Lipinski definition) is 3. The molecule has 0 heterocycles. The molecule has 0 radical (unpaired) electrons. The molecule has 0 aromatic heterocycles. The molecule has 0 spiro atoms. The first kappa shape index (κ1) is 17.1. The number of halogens is 3. The van der Waals surface area contributed by atoms with Crippen molar-refractivity contribution >= 4 is 11.9 Å². The number of rotatable bonds is 6. The Bertz CT molecular complexity index is 603. The quantitative estimate of drug-likeness (QED) is 0.839. The largest absolute Gasteiger partial charge is 0.491 e. The van der Waals surface area contributed by atoms with E-state index in [-0.39, 0.29) is 18.8 Å². The zero-order valence-electron chi connectivity index (χ0n) is 12.3. The van der Waals surface area contributed by atoms with Gasteiger partial charge in [0.05, 0.1) is 23.4 Å². The minimum Gasteiger partial charge on any atom is -0.491 e. The molecule has 126 valence electrons. The molecule has 1 fully saturated rings. The summed E-state index contributed by atoms with van der Waals surface area (Å²) in [7, 11) is 0. The van der Waals surface area contributed by atoms with Crippen LogP contribution in [0.5, 0.6) is 5.75 Å². The molecule has 5 nitrogen and oxygen atoms in total. The van der Waals surface area contributed by atoms with Crippen molar-refractivity contribution in [2.45, 2.75) is 25.6 Å². The van der Waals surface area contributed by atoms with Gasteiger partial charge < -0.3 is 15.2 Å². The fourth-order valence-electron chi connectivity index (χ4n) is 2.19. The van der Waals surface area contributed by atoms with Crippen molar-refractivity contribution in [3.05, 3.63) is 29.8 Å². The highest BCUT2D eigenvalue weighted by atomic mass is 19.4. The van der Waals surface area contributed by atoms with E-state index in [9.17, 15) is 22.8 Å². The Hall–Kier alpha value is -2.25. The molecule has 1 aromatic carbocycles. The van der Waals surface area contributed by atoms with E-state index in [0.717, 1.165) is 6.07 Å². The van der Waals surface area contributed by atoms with Crippen molar-refractivity contribution in [1.29, 1.82) is 0 Å². The second-order valence-corrected chi connectivity index (χ2v) is 5.50. The number of alkyl halides is 3. The van der Waals surface area contributed by atoms with Crippen molar-refractivity contribution in [1.82, 2.24) is 5.32 Å². The van der Waals surface area contributed by atoms with Crippen LogP contribution in [-0.2, 0) is 15.8 Å². The second kappa shape index (κ2) is 6.47. The van der Waals surface area contributed by atoms with E-state index in [4.69, 9.17) is 9.84 Å². The van der Waals surface area contributed by atoms with Crippen LogP contribution in [0, 0.1) is 11.8 Å². The maximum absolute atomic E-state index is 12.8. The molecule has 8 heteroatoms. The summed E-state index contributed by atoms with van der Waals surface area (Å²) in [6.45, 7) is 1.43. The molecule has 0 bridgehead atoms. The van der Waals surface area contributed by atoms with Crippen LogP contribution < -0.4 is 10.1 Å². The number of carboxylic acids is 1. The van der Waals surface area contributed by atoms with E-state index < -0.39 is 41.5 Å².